The lowest BCUT2D eigenvalue weighted by Crippen LogP contribution is -2.31. The number of amides is 1. The predicted molar refractivity (Wildman–Crippen MR) is 76.9 cm³/mol. The fourth-order valence-corrected chi connectivity index (χ4v) is 2.43. The number of ether oxygens (including phenoxy) is 1. The number of benzene rings is 1. The van der Waals surface area contributed by atoms with E-state index in [1.807, 2.05) is 30.3 Å². The van der Waals surface area contributed by atoms with E-state index in [1.54, 1.807) is 13.1 Å². The lowest BCUT2D eigenvalue weighted by atomic mass is 10.2. The lowest BCUT2D eigenvalue weighted by molar-refractivity contribution is -0.116. The third-order valence-corrected chi connectivity index (χ3v) is 3.51. The zero-order chi connectivity index (χ0) is 15.5. The standard InChI is InChI=1S/C16H16N2O4/c1-11-8-17-15(22-11)14-7-13(19)9-18(14)16(20)21-10-12-5-3-2-4-6-12/h2-6,8,14H,7,9-10H2,1H3/t14-/m0/s1. The van der Waals surface area contributed by atoms with Crippen molar-refractivity contribution in [1.82, 2.24) is 9.88 Å². The van der Waals surface area contributed by atoms with E-state index >= 15 is 0 Å². The molecule has 22 heavy (non-hydrogen) atoms. The number of carbonyl (C=O) groups excluding carboxylic acids is 2. The first kappa shape index (κ1) is 14.3. The first-order valence-electron chi connectivity index (χ1n) is 7.05. The maximum absolute atomic E-state index is 12.2. The smallest absolute Gasteiger partial charge is 0.411 e. The molecule has 0 saturated carbocycles. The molecule has 1 saturated heterocycles. The molecule has 1 atom stereocenters. The fraction of sp³-hybridized carbons (Fsp3) is 0.312. The highest BCUT2D eigenvalue weighted by atomic mass is 16.6. The van der Waals surface area contributed by atoms with E-state index in [0.717, 1.165) is 5.56 Å². The van der Waals surface area contributed by atoms with Crippen LogP contribution in [0.5, 0.6) is 0 Å². The van der Waals surface area contributed by atoms with Crippen molar-refractivity contribution >= 4 is 11.9 Å². The number of hydrogen-bond acceptors (Lipinski definition) is 5. The van der Waals surface area contributed by atoms with Crippen molar-refractivity contribution in [3.63, 3.8) is 0 Å². The normalized spacial score (nSPS) is 17.8. The molecule has 0 bridgehead atoms. The summed E-state index contributed by atoms with van der Waals surface area (Å²) in [5.41, 5.74) is 0.893. The molecule has 0 radical (unpaired) electrons. The predicted octanol–water partition coefficient (Wildman–Crippen LogP) is 2.64. The Bertz CT molecular complexity index is 680. The molecular weight excluding hydrogens is 284 g/mol. The van der Waals surface area contributed by atoms with Crippen LogP contribution in [0.25, 0.3) is 0 Å². The Balaban J connectivity index is 1.68. The van der Waals surface area contributed by atoms with Gasteiger partial charge in [0.1, 0.15) is 18.4 Å². The number of nitrogens with zero attached hydrogens (tertiary/aromatic N) is 2. The van der Waals surface area contributed by atoms with Crippen LogP contribution < -0.4 is 0 Å². The lowest BCUT2D eigenvalue weighted by Gasteiger charge is -2.20. The van der Waals surface area contributed by atoms with Crippen LogP contribution in [0.1, 0.15) is 29.7 Å². The van der Waals surface area contributed by atoms with Crippen molar-refractivity contribution in [2.75, 3.05) is 6.54 Å². The molecule has 1 aliphatic rings. The maximum Gasteiger partial charge on any atom is 0.411 e. The summed E-state index contributed by atoms with van der Waals surface area (Å²) in [4.78, 5) is 29.4. The molecular formula is C16H16N2O4. The van der Waals surface area contributed by atoms with Crippen LogP contribution in [0.2, 0.25) is 0 Å². The Morgan fingerprint density at radius 2 is 2.18 bits per heavy atom. The topological polar surface area (TPSA) is 72.6 Å². The zero-order valence-electron chi connectivity index (χ0n) is 12.2. The van der Waals surface area contributed by atoms with E-state index in [9.17, 15) is 9.59 Å². The molecule has 0 spiro atoms. The maximum atomic E-state index is 12.2. The summed E-state index contributed by atoms with van der Waals surface area (Å²) in [7, 11) is 0. The molecule has 0 N–H and O–H groups in total. The molecule has 6 nitrogen and oxygen atoms in total. The second-order valence-electron chi connectivity index (χ2n) is 5.24. The number of Topliss-reactive ketones (excluding diaryl/α,β-unsaturated/α-hetero) is 1. The third kappa shape index (κ3) is 3.00. The summed E-state index contributed by atoms with van der Waals surface area (Å²) in [5.74, 6) is 0.990. The minimum absolute atomic E-state index is 0.0275. The monoisotopic (exact) mass is 300 g/mol. The van der Waals surface area contributed by atoms with Crippen molar-refractivity contribution in [1.29, 1.82) is 0 Å². The Labute approximate surface area is 127 Å². The van der Waals surface area contributed by atoms with E-state index < -0.39 is 12.1 Å². The summed E-state index contributed by atoms with van der Waals surface area (Å²) in [6.45, 7) is 1.97. The number of oxazole rings is 1. The van der Waals surface area contributed by atoms with Gasteiger partial charge in [-0.3, -0.25) is 9.69 Å². The van der Waals surface area contributed by atoms with Crippen molar-refractivity contribution < 1.29 is 18.7 Å². The van der Waals surface area contributed by atoms with E-state index in [0.29, 0.717) is 11.7 Å². The second kappa shape index (κ2) is 6.01. The number of aryl methyl sites for hydroxylation is 1. The number of aromatic nitrogens is 1. The van der Waals surface area contributed by atoms with Crippen LogP contribution in [0, 0.1) is 6.92 Å². The summed E-state index contributed by atoms with van der Waals surface area (Å²) in [5, 5.41) is 0. The second-order valence-corrected chi connectivity index (χ2v) is 5.24. The van der Waals surface area contributed by atoms with Gasteiger partial charge in [0.2, 0.25) is 5.89 Å². The van der Waals surface area contributed by atoms with Crippen LogP contribution in [-0.4, -0.2) is 28.3 Å². The highest BCUT2D eigenvalue weighted by Crippen LogP contribution is 2.30. The Morgan fingerprint density at radius 3 is 2.86 bits per heavy atom. The van der Waals surface area contributed by atoms with Gasteiger partial charge in [-0.2, -0.15) is 0 Å². The fourth-order valence-electron chi connectivity index (χ4n) is 2.43. The van der Waals surface area contributed by atoms with Crippen molar-refractivity contribution in [3.05, 3.63) is 53.7 Å². The number of rotatable bonds is 3. The molecule has 1 aromatic carbocycles. The average Bonchev–Trinajstić information content (AvgIpc) is 3.11. The molecule has 114 valence electrons. The molecule has 1 aliphatic heterocycles. The molecule has 1 fully saturated rings. The van der Waals surface area contributed by atoms with Gasteiger partial charge in [-0.05, 0) is 12.5 Å². The minimum atomic E-state index is -0.532. The quantitative estimate of drug-likeness (QED) is 0.871. The van der Waals surface area contributed by atoms with Crippen LogP contribution in [0.4, 0.5) is 4.79 Å². The average molecular weight is 300 g/mol. The van der Waals surface area contributed by atoms with Gasteiger partial charge in [0.15, 0.2) is 5.78 Å². The van der Waals surface area contributed by atoms with Crippen LogP contribution in [-0.2, 0) is 16.1 Å². The van der Waals surface area contributed by atoms with Gasteiger partial charge in [-0.25, -0.2) is 9.78 Å². The van der Waals surface area contributed by atoms with Gasteiger partial charge in [0.05, 0.1) is 12.7 Å². The number of ketones is 1. The molecule has 3 rings (SSSR count). The van der Waals surface area contributed by atoms with Crippen molar-refractivity contribution in [3.8, 4) is 0 Å². The largest absolute Gasteiger partial charge is 0.445 e. The van der Waals surface area contributed by atoms with Gasteiger partial charge < -0.3 is 9.15 Å². The summed E-state index contributed by atoms with van der Waals surface area (Å²) >= 11 is 0. The van der Waals surface area contributed by atoms with Crippen LogP contribution in [0.15, 0.2) is 40.9 Å². The van der Waals surface area contributed by atoms with Gasteiger partial charge >= 0.3 is 6.09 Å². The molecule has 6 heteroatoms. The SMILES string of the molecule is Cc1cnc([C@@H]2CC(=O)CN2C(=O)OCc2ccccc2)o1. The minimum Gasteiger partial charge on any atom is -0.445 e. The summed E-state index contributed by atoms with van der Waals surface area (Å²) in [6.07, 6.45) is 1.25. The van der Waals surface area contributed by atoms with Gasteiger partial charge in [0.25, 0.3) is 0 Å². The van der Waals surface area contributed by atoms with Gasteiger partial charge in [-0.15, -0.1) is 0 Å². The molecule has 1 amide bonds. The van der Waals surface area contributed by atoms with E-state index in [4.69, 9.17) is 9.15 Å². The van der Waals surface area contributed by atoms with E-state index in [-0.39, 0.29) is 25.4 Å². The van der Waals surface area contributed by atoms with Crippen LogP contribution >= 0.6 is 0 Å². The van der Waals surface area contributed by atoms with E-state index in [1.165, 1.54) is 4.90 Å². The molecule has 2 heterocycles. The number of hydrogen-bond donors (Lipinski definition) is 0. The highest BCUT2D eigenvalue weighted by molar-refractivity contribution is 5.88. The van der Waals surface area contributed by atoms with Gasteiger partial charge in [0, 0.05) is 6.42 Å². The van der Waals surface area contributed by atoms with E-state index in [2.05, 4.69) is 4.98 Å². The van der Waals surface area contributed by atoms with Crippen LogP contribution in [0.3, 0.4) is 0 Å². The van der Waals surface area contributed by atoms with Gasteiger partial charge in [-0.1, -0.05) is 30.3 Å². The molecule has 0 aliphatic carbocycles. The first-order valence-corrected chi connectivity index (χ1v) is 7.05. The Kier molecular flexibility index (Phi) is 3.91. The molecule has 0 unspecified atom stereocenters. The summed E-state index contributed by atoms with van der Waals surface area (Å²) < 4.78 is 10.7. The Hall–Kier alpha value is -2.63. The Morgan fingerprint density at radius 1 is 1.41 bits per heavy atom. The van der Waals surface area contributed by atoms with Crippen molar-refractivity contribution in [2.45, 2.75) is 26.0 Å². The summed E-state index contributed by atoms with van der Waals surface area (Å²) in [6, 6.07) is 8.91. The number of likely N-dealkylation sites (tertiary alicyclic amines) is 1. The third-order valence-electron chi connectivity index (χ3n) is 3.51. The zero-order valence-corrected chi connectivity index (χ0v) is 12.2. The highest BCUT2D eigenvalue weighted by Gasteiger charge is 2.38. The van der Waals surface area contributed by atoms with Crippen molar-refractivity contribution in [2.24, 2.45) is 0 Å². The molecule has 1 aromatic heterocycles. The first-order chi connectivity index (χ1) is 10.6. The molecule has 2 aromatic rings. The number of carbonyl (C=O) groups is 2.